The summed E-state index contributed by atoms with van der Waals surface area (Å²) < 4.78 is 6.78. The van der Waals surface area contributed by atoms with Crippen LogP contribution in [0.25, 0.3) is 0 Å². The zero-order valence-corrected chi connectivity index (χ0v) is 12.6. The van der Waals surface area contributed by atoms with Gasteiger partial charge in [-0.25, -0.2) is 9.48 Å². The lowest BCUT2D eigenvalue weighted by molar-refractivity contribution is -0.141. The number of aromatic nitrogens is 3. The Morgan fingerprint density at radius 1 is 1.50 bits per heavy atom. The summed E-state index contributed by atoms with van der Waals surface area (Å²) in [6.45, 7) is 0. The summed E-state index contributed by atoms with van der Waals surface area (Å²) in [5.74, 6) is 0.166. The molecule has 2 atom stereocenters. The SMILES string of the molecule is COc1ccc(Cl)cc1C1CCC(C(=O)O)n2nc(N)nc21. The summed E-state index contributed by atoms with van der Waals surface area (Å²) in [7, 11) is 1.58. The van der Waals surface area contributed by atoms with Crippen molar-refractivity contribution < 1.29 is 14.6 Å². The molecule has 2 heterocycles. The van der Waals surface area contributed by atoms with Gasteiger partial charge in [0.1, 0.15) is 11.6 Å². The van der Waals surface area contributed by atoms with Crippen LogP contribution in [-0.4, -0.2) is 33.0 Å². The van der Waals surface area contributed by atoms with Gasteiger partial charge in [-0.15, -0.1) is 5.10 Å². The number of hydrogen-bond acceptors (Lipinski definition) is 5. The summed E-state index contributed by atoms with van der Waals surface area (Å²) in [6.07, 6.45) is 1.04. The number of benzene rings is 1. The molecule has 2 aromatic rings. The normalized spacial score (nSPS) is 20.5. The van der Waals surface area contributed by atoms with Gasteiger partial charge in [-0.05, 0) is 31.0 Å². The number of anilines is 1. The number of rotatable bonds is 3. The fourth-order valence-electron chi connectivity index (χ4n) is 2.90. The Morgan fingerprint density at radius 3 is 2.95 bits per heavy atom. The zero-order valence-electron chi connectivity index (χ0n) is 11.9. The lowest BCUT2D eigenvalue weighted by atomic mass is 9.88. The van der Waals surface area contributed by atoms with Gasteiger partial charge in [-0.1, -0.05) is 11.6 Å². The fraction of sp³-hybridized carbons (Fsp3) is 0.357. The molecule has 22 heavy (non-hydrogen) atoms. The van der Waals surface area contributed by atoms with Crippen molar-refractivity contribution in [1.29, 1.82) is 0 Å². The van der Waals surface area contributed by atoms with E-state index in [4.69, 9.17) is 22.1 Å². The van der Waals surface area contributed by atoms with Crippen LogP contribution < -0.4 is 10.5 Å². The molecule has 8 heteroatoms. The van der Waals surface area contributed by atoms with Gasteiger partial charge in [0.25, 0.3) is 0 Å². The van der Waals surface area contributed by atoms with Crippen LogP contribution in [0.4, 0.5) is 5.95 Å². The molecule has 1 aliphatic heterocycles. The van der Waals surface area contributed by atoms with Crippen molar-refractivity contribution in [3.05, 3.63) is 34.6 Å². The maximum atomic E-state index is 11.4. The van der Waals surface area contributed by atoms with Gasteiger partial charge >= 0.3 is 5.97 Å². The third-order valence-electron chi connectivity index (χ3n) is 3.86. The molecule has 0 aliphatic carbocycles. The molecule has 3 rings (SSSR count). The van der Waals surface area contributed by atoms with E-state index in [-0.39, 0.29) is 11.9 Å². The second kappa shape index (κ2) is 5.49. The summed E-state index contributed by atoms with van der Waals surface area (Å²) in [6, 6.07) is 4.58. The third kappa shape index (κ3) is 2.37. The first-order valence-electron chi connectivity index (χ1n) is 6.79. The van der Waals surface area contributed by atoms with Gasteiger partial charge in [0.05, 0.1) is 7.11 Å². The monoisotopic (exact) mass is 322 g/mol. The van der Waals surface area contributed by atoms with Crippen molar-refractivity contribution in [2.75, 3.05) is 12.8 Å². The molecule has 7 nitrogen and oxygen atoms in total. The van der Waals surface area contributed by atoms with E-state index in [0.717, 1.165) is 5.56 Å². The Bertz CT molecular complexity index is 731. The molecular weight excluding hydrogens is 308 g/mol. The van der Waals surface area contributed by atoms with Crippen LogP contribution in [0.3, 0.4) is 0 Å². The first-order chi connectivity index (χ1) is 10.5. The molecule has 3 N–H and O–H groups in total. The average molecular weight is 323 g/mol. The number of carboxylic acid groups (broad SMARTS) is 1. The van der Waals surface area contributed by atoms with E-state index in [1.165, 1.54) is 4.68 Å². The van der Waals surface area contributed by atoms with Gasteiger partial charge in [0.15, 0.2) is 6.04 Å². The molecule has 0 saturated heterocycles. The minimum atomic E-state index is -0.942. The maximum Gasteiger partial charge on any atom is 0.328 e. The van der Waals surface area contributed by atoms with Crippen LogP contribution in [0, 0.1) is 0 Å². The van der Waals surface area contributed by atoms with Gasteiger partial charge in [0.2, 0.25) is 5.95 Å². The fourth-order valence-corrected chi connectivity index (χ4v) is 3.08. The van der Waals surface area contributed by atoms with Gasteiger partial charge in [-0.3, -0.25) is 0 Å². The van der Waals surface area contributed by atoms with Crippen molar-refractivity contribution in [3.63, 3.8) is 0 Å². The second-order valence-corrected chi connectivity index (χ2v) is 5.58. The van der Waals surface area contributed by atoms with Crippen LogP contribution in [0.5, 0.6) is 5.75 Å². The number of hydrogen-bond donors (Lipinski definition) is 2. The minimum Gasteiger partial charge on any atom is -0.496 e. The van der Waals surface area contributed by atoms with Crippen LogP contribution >= 0.6 is 11.6 Å². The van der Waals surface area contributed by atoms with Crippen molar-refractivity contribution in [2.24, 2.45) is 0 Å². The number of ether oxygens (including phenoxy) is 1. The highest BCUT2D eigenvalue weighted by molar-refractivity contribution is 6.30. The van der Waals surface area contributed by atoms with Gasteiger partial charge in [-0.2, -0.15) is 4.98 Å². The molecule has 0 radical (unpaired) electrons. The summed E-state index contributed by atoms with van der Waals surface area (Å²) in [5, 5.41) is 13.9. The zero-order chi connectivity index (χ0) is 15.9. The van der Waals surface area contributed by atoms with E-state index in [0.29, 0.717) is 29.4 Å². The van der Waals surface area contributed by atoms with Crippen molar-refractivity contribution in [2.45, 2.75) is 24.8 Å². The molecule has 1 aromatic carbocycles. The van der Waals surface area contributed by atoms with Crippen LogP contribution in [0.2, 0.25) is 5.02 Å². The quantitative estimate of drug-likeness (QED) is 0.896. The van der Waals surface area contributed by atoms with E-state index >= 15 is 0 Å². The largest absolute Gasteiger partial charge is 0.496 e. The highest BCUT2D eigenvalue weighted by Crippen LogP contribution is 2.41. The van der Waals surface area contributed by atoms with Crippen molar-refractivity contribution in [1.82, 2.24) is 14.8 Å². The first kappa shape index (κ1) is 14.6. The van der Waals surface area contributed by atoms with Crippen LogP contribution in [0.1, 0.15) is 36.2 Å². The number of halogens is 1. The lowest BCUT2D eigenvalue weighted by Gasteiger charge is -2.27. The Labute approximate surface area is 131 Å². The molecule has 0 saturated carbocycles. The van der Waals surface area contributed by atoms with E-state index in [1.807, 2.05) is 0 Å². The number of carbonyl (C=O) groups is 1. The standard InChI is InChI=1S/C14H15ClN4O3/c1-22-11-5-2-7(15)6-9(11)8-3-4-10(13(20)21)19-12(8)17-14(16)18-19/h2,5-6,8,10H,3-4H2,1H3,(H2,16,18)(H,20,21). The maximum absolute atomic E-state index is 11.4. The Morgan fingerprint density at radius 2 is 2.27 bits per heavy atom. The van der Waals surface area contributed by atoms with Crippen LogP contribution in [-0.2, 0) is 4.79 Å². The molecule has 0 spiro atoms. The number of methoxy groups -OCH3 is 1. The second-order valence-electron chi connectivity index (χ2n) is 5.14. The summed E-state index contributed by atoms with van der Waals surface area (Å²) in [4.78, 5) is 15.6. The van der Waals surface area contributed by atoms with Gasteiger partial charge < -0.3 is 15.6 Å². The van der Waals surface area contributed by atoms with E-state index in [9.17, 15) is 9.90 Å². The van der Waals surface area contributed by atoms with Crippen molar-refractivity contribution in [3.8, 4) is 5.75 Å². The van der Waals surface area contributed by atoms with E-state index in [1.54, 1.807) is 25.3 Å². The molecule has 0 bridgehead atoms. The molecule has 0 amide bonds. The molecule has 2 unspecified atom stereocenters. The number of nitrogens with two attached hydrogens (primary N) is 1. The number of nitrogens with zero attached hydrogens (tertiary/aromatic N) is 3. The Hall–Kier alpha value is -2.28. The molecule has 116 valence electrons. The minimum absolute atomic E-state index is 0.0640. The average Bonchev–Trinajstić information content (AvgIpc) is 2.87. The highest BCUT2D eigenvalue weighted by Gasteiger charge is 2.36. The Kier molecular flexibility index (Phi) is 3.66. The Balaban J connectivity index is 2.11. The lowest BCUT2D eigenvalue weighted by Crippen LogP contribution is -2.28. The number of carboxylic acids is 1. The summed E-state index contributed by atoms with van der Waals surface area (Å²) >= 11 is 6.09. The van der Waals surface area contributed by atoms with Crippen molar-refractivity contribution >= 4 is 23.5 Å². The number of nitrogen functional groups attached to an aromatic ring is 1. The highest BCUT2D eigenvalue weighted by atomic mass is 35.5. The summed E-state index contributed by atoms with van der Waals surface area (Å²) in [5.41, 5.74) is 6.52. The molecule has 0 fully saturated rings. The topological polar surface area (TPSA) is 103 Å². The van der Waals surface area contributed by atoms with Crippen LogP contribution in [0.15, 0.2) is 18.2 Å². The molecule has 1 aromatic heterocycles. The predicted octanol–water partition coefficient (Wildman–Crippen LogP) is 2.07. The predicted molar refractivity (Wildman–Crippen MR) is 80.2 cm³/mol. The van der Waals surface area contributed by atoms with E-state index in [2.05, 4.69) is 10.1 Å². The van der Waals surface area contributed by atoms with E-state index < -0.39 is 12.0 Å². The number of aliphatic carboxylic acids is 1. The number of fused-ring (bicyclic) bond motifs is 1. The van der Waals surface area contributed by atoms with Gasteiger partial charge in [0, 0.05) is 16.5 Å². The third-order valence-corrected chi connectivity index (χ3v) is 4.10. The molecule has 1 aliphatic rings. The smallest absolute Gasteiger partial charge is 0.328 e. The first-order valence-corrected chi connectivity index (χ1v) is 7.17. The molecular formula is C14H15ClN4O3.